The second-order valence-electron chi connectivity index (χ2n) is 8.20. The monoisotopic (exact) mass is 439 g/mol. The third kappa shape index (κ3) is 4.93. The first-order valence-corrected chi connectivity index (χ1v) is 10.6. The van der Waals surface area contributed by atoms with Crippen molar-refractivity contribution in [2.75, 3.05) is 32.8 Å². The van der Waals surface area contributed by atoms with Crippen LogP contribution in [0.15, 0.2) is 48.5 Å². The molecule has 1 atom stereocenters. The van der Waals surface area contributed by atoms with E-state index in [0.29, 0.717) is 19.0 Å². The van der Waals surface area contributed by atoms with E-state index in [-0.39, 0.29) is 11.5 Å². The minimum Gasteiger partial charge on any atom is -0.491 e. The first-order chi connectivity index (χ1) is 14.3. The molecule has 1 saturated heterocycles. The zero-order valence-electron chi connectivity index (χ0n) is 16.6. The third-order valence-electron chi connectivity index (χ3n) is 6.13. The topological polar surface area (TPSA) is 21.7 Å². The lowest BCUT2D eigenvalue weighted by molar-refractivity contribution is -0.137. The number of alkyl halides is 3. The number of rotatable bonds is 6. The number of hydrogen-bond acceptors (Lipinski definition) is 3. The van der Waals surface area contributed by atoms with E-state index >= 15 is 0 Å². The molecule has 4 rings (SSSR count). The third-order valence-corrected chi connectivity index (χ3v) is 6.39. The maximum absolute atomic E-state index is 12.7. The van der Waals surface area contributed by atoms with Crippen molar-refractivity contribution in [2.45, 2.75) is 37.0 Å². The summed E-state index contributed by atoms with van der Waals surface area (Å²) in [4.78, 5) is 2.41. The highest BCUT2D eigenvalue weighted by Crippen LogP contribution is 2.44. The second kappa shape index (κ2) is 8.77. The molecule has 162 valence electrons. The molecule has 0 radical (unpaired) electrons. The SMILES string of the molecule is FC(F)(F)c1ccc(OCC2CN(CC3(c4ccc(Cl)cc4)CCC3)CCO2)cc1. The maximum atomic E-state index is 12.7. The molecule has 1 heterocycles. The van der Waals surface area contributed by atoms with Crippen molar-refractivity contribution < 1.29 is 22.6 Å². The van der Waals surface area contributed by atoms with Gasteiger partial charge in [0.2, 0.25) is 0 Å². The molecule has 2 fully saturated rings. The van der Waals surface area contributed by atoms with Gasteiger partial charge < -0.3 is 9.47 Å². The summed E-state index contributed by atoms with van der Waals surface area (Å²) >= 11 is 6.05. The van der Waals surface area contributed by atoms with E-state index in [1.165, 1.54) is 37.0 Å². The molecule has 1 aliphatic carbocycles. The Labute approximate surface area is 179 Å². The van der Waals surface area contributed by atoms with Crippen molar-refractivity contribution in [3.8, 4) is 5.75 Å². The Balaban J connectivity index is 1.32. The number of hydrogen-bond donors (Lipinski definition) is 0. The van der Waals surface area contributed by atoms with Crippen LogP contribution in [0.5, 0.6) is 5.75 Å². The molecule has 1 saturated carbocycles. The minimum absolute atomic E-state index is 0.108. The number of benzene rings is 2. The van der Waals surface area contributed by atoms with Crippen LogP contribution in [0.25, 0.3) is 0 Å². The van der Waals surface area contributed by atoms with Gasteiger partial charge >= 0.3 is 6.18 Å². The van der Waals surface area contributed by atoms with Gasteiger partial charge in [-0.05, 0) is 54.8 Å². The molecular weight excluding hydrogens is 415 g/mol. The van der Waals surface area contributed by atoms with Crippen LogP contribution >= 0.6 is 11.6 Å². The van der Waals surface area contributed by atoms with E-state index in [9.17, 15) is 13.2 Å². The Kier molecular flexibility index (Phi) is 6.28. The summed E-state index contributed by atoms with van der Waals surface area (Å²) in [5.41, 5.74) is 0.825. The quantitative estimate of drug-likeness (QED) is 0.588. The Morgan fingerprint density at radius 1 is 1.07 bits per heavy atom. The minimum atomic E-state index is -4.34. The van der Waals surface area contributed by atoms with Gasteiger partial charge in [-0.25, -0.2) is 0 Å². The van der Waals surface area contributed by atoms with Crippen molar-refractivity contribution in [2.24, 2.45) is 0 Å². The van der Waals surface area contributed by atoms with Gasteiger partial charge in [-0.1, -0.05) is 30.2 Å². The lowest BCUT2D eigenvalue weighted by atomic mass is 9.64. The van der Waals surface area contributed by atoms with E-state index in [2.05, 4.69) is 17.0 Å². The largest absolute Gasteiger partial charge is 0.491 e. The van der Waals surface area contributed by atoms with Crippen LogP contribution in [0.4, 0.5) is 13.2 Å². The average Bonchev–Trinajstić information content (AvgIpc) is 2.70. The summed E-state index contributed by atoms with van der Waals surface area (Å²) in [6, 6.07) is 13.0. The summed E-state index contributed by atoms with van der Waals surface area (Å²) in [7, 11) is 0. The van der Waals surface area contributed by atoms with Gasteiger partial charge in [0, 0.05) is 30.1 Å². The molecule has 3 nitrogen and oxygen atoms in total. The van der Waals surface area contributed by atoms with E-state index in [1.54, 1.807) is 0 Å². The van der Waals surface area contributed by atoms with Gasteiger partial charge in [-0.2, -0.15) is 13.2 Å². The van der Waals surface area contributed by atoms with Crippen molar-refractivity contribution >= 4 is 11.6 Å². The number of morpholine rings is 1. The van der Waals surface area contributed by atoms with Gasteiger partial charge in [0.1, 0.15) is 18.5 Å². The fourth-order valence-electron chi connectivity index (χ4n) is 4.33. The Morgan fingerprint density at radius 3 is 2.37 bits per heavy atom. The lowest BCUT2D eigenvalue weighted by Crippen LogP contribution is -2.52. The van der Waals surface area contributed by atoms with E-state index in [0.717, 1.165) is 36.8 Å². The molecular formula is C23H25ClF3NO2. The first-order valence-electron chi connectivity index (χ1n) is 10.2. The van der Waals surface area contributed by atoms with Crippen LogP contribution in [0.1, 0.15) is 30.4 Å². The molecule has 2 aromatic carbocycles. The van der Waals surface area contributed by atoms with Crippen LogP contribution in [0.3, 0.4) is 0 Å². The Hall–Kier alpha value is -1.76. The Bertz CT molecular complexity index is 835. The highest BCUT2D eigenvalue weighted by atomic mass is 35.5. The molecule has 2 aromatic rings. The fraction of sp³-hybridized carbons (Fsp3) is 0.478. The van der Waals surface area contributed by atoms with Crippen molar-refractivity contribution in [1.82, 2.24) is 4.90 Å². The van der Waals surface area contributed by atoms with Gasteiger partial charge in [0.05, 0.1) is 12.2 Å². The van der Waals surface area contributed by atoms with Gasteiger partial charge in [-0.3, -0.25) is 4.90 Å². The van der Waals surface area contributed by atoms with E-state index in [1.807, 2.05) is 12.1 Å². The van der Waals surface area contributed by atoms with E-state index < -0.39 is 11.7 Å². The Morgan fingerprint density at radius 2 is 1.77 bits per heavy atom. The second-order valence-corrected chi connectivity index (χ2v) is 8.64. The number of halogens is 4. The summed E-state index contributed by atoms with van der Waals surface area (Å²) < 4.78 is 49.6. The summed E-state index contributed by atoms with van der Waals surface area (Å²) in [5.74, 6) is 0.417. The maximum Gasteiger partial charge on any atom is 0.416 e. The lowest BCUT2D eigenvalue weighted by Gasteiger charge is -2.47. The standard InChI is InChI=1S/C23H25ClF3NO2/c24-19-6-2-17(3-7-19)22(10-1-11-22)16-28-12-13-29-21(14-28)15-30-20-8-4-18(5-9-20)23(25,26)27/h2-9,21H,1,10-16H2. The predicted octanol–water partition coefficient (Wildman–Crippen LogP) is 5.56. The molecule has 30 heavy (non-hydrogen) atoms. The van der Waals surface area contributed by atoms with Crippen molar-refractivity contribution in [3.63, 3.8) is 0 Å². The first kappa shape index (κ1) is 21.5. The molecule has 1 aliphatic heterocycles. The van der Waals surface area contributed by atoms with Crippen molar-refractivity contribution in [3.05, 3.63) is 64.7 Å². The molecule has 1 unspecified atom stereocenters. The number of ether oxygens (including phenoxy) is 2. The van der Waals surface area contributed by atoms with Crippen LogP contribution in [0.2, 0.25) is 5.02 Å². The highest BCUT2D eigenvalue weighted by Gasteiger charge is 2.41. The fourth-order valence-corrected chi connectivity index (χ4v) is 4.45. The normalized spacial score (nSPS) is 21.8. The summed E-state index contributed by atoms with van der Waals surface area (Å²) in [6.07, 6.45) is -0.888. The van der Waals surface area contributed by atoms with Crippen LogP contribution < -0.4 is 4.74 Å². The van der Waals surface area contributed by atoms with Crippen LogP contribution in [0, 0.1) is 0 Å². The highest BCUT2D eigenvalue weighted by molar-refractivity contribution is 6.30. The van der Waals surface area contributed by atoms with Crippen molar-refractivity contribution in [1.29, 1.82) is 0 Å². The predicted molar refractivity (Wildman–Crippen MR) is 110 cm³/mol. The summed E-state index contributed by atoms with van der Waals surface area (Å²) in [5, 5.41) is 0.750. The van der Waals surface area contributed by atoms with Crippen LogP contribution in [-0.2, 0) is 16.3 Å². The van der Waals surface area contributed by atoms with Gasteiger partial charge in [0.15, 0.2) is 0 Å². The zero-order valence-corrected chi connectivity index (χ0v) is 17.4. The molecule has 0 spiro atoms. The van der Waals surface area contributed by atoms with Gasteiger partial charge in [-0.15, -0.1) is 0 Å². The number of nitrogens with zero attached hydrogens (tertiary/aromatic N) is 1. The molecule has 2 aliphatic rings. The smallest absolute Gasteiger partial charge is 0.416 e. The molecule has 7 heteroatoms. The molecule has 0 amide bonds. The average molecular weight is 440 g/mol. The summed E-state index contributed by atoms with van der Waals surface area (Å²) in [6.45, 7) is 3.52. The van der Waals surface area contributed by atoms with Crippen LogP contribution in [-0.4, -0.2) is 43.9 Å². The molecule has 0 aromatic heterocycles. The van der Waals surface area contributed by atoms with E-state index in [4.69, 9.17) is 21.1 Å². The molecule has 0 N–H and O–H groups in total. The zero-order chi connectivity index (χ0) is 21.2. The molecule has 0 bridgehead atoms. The van der Waals surface area contributed by atoms with Gasteiger partial charge in [0.25, 0.3) is 0 Å².